The van der Waals surface area contributed by atoms with E-state index in [1.165, 1.54) is 0 Å². The molecular weight excluding hydrogens is 306 g/mol. The van der Waals surface area contributed by atoms with Crippen LogP contribution in [0.2, 0.25) is 0 Å². The molecule has 0 unspecified atom stereocenters. The molecule has 1 amide bonds. The second-order valence-corrected chi connectivity index (χ2v) is 5.10. The van der Waals surface area contributed by atoms with Gasteiger partial charge in [-0.05, 0) is 55.8 Å². The lowest BCUT2D eigenvalue weighted by atomic mass is 10.1. The van der Waals surface area contributed by atoms with Crippen LogP contribution in [0.1, 0.15) is 29.8 Å². The number of nitrogens with one attached hydrogen (secondary N) is 1. The number of carbonyl (C=O) groups is 2. The maximum Gasteiger partial charge on any atom is 0.338 e. The van der Waals surface area contributed by atoms with E-state index < -0.39 is 0 Å². The van der Waals surface area contributed by atoms with Crippen molar-refractivity contribution < 1.29 is 19.1 Å². The Hall–Kier alpha value is -2.82. The van der Waals surface area contributed by atoms with Gasteiger partial charge >= 0.3 is 5.97 Å². The quantitative estimate of drug-likeness (QED) is 0.791. The molecule has 24 heavy (non-hydrogen) atoms. The van der Waals surface area contributed by atoms with Gasteiger partial charge in [-0.2, -0.15) is 0 Å². The lowest BCUT2D eigenvalue weighted by Crippen LogP contribution is -2.14. The molecule has 2 rings (SSSR count). The van der Waals surface area contributed by atoms with Crippen molar-refractivity contribution in [3.63, 3.8) is 0 Å². The first-order chi connectivity index (χ1) is 11.6. The first-order valence-corrected chi connectivity index (χ1v) is 7.91. The molecule has 0 saturated carbocycles. The summed E-state index contributed by atoms with van der Waals surface area (Å²) in [5.41, 5.74) is 2.00. The van der Waals surface area contributed by atoms with Gasteiger partial charge in [0.15, 0.2) is 0 Å². The number of benzene rings is 2. The third kappa shape index (κ3) is 5.12. The van der Waals surface area contributed by atoms with Crippen molar-refractivity contribution in [2.45, 2.75) is 20.3 Å². The normalized spacial score (nSPS) is 10.1. The van der Waals surface area contributed by atoms with E-state index in [0.717, 1.165) is 11.3 Å². The second-order valence-electron chi connectivity index (χ2n) is 5.10. The lowest BCUT2D eigenvalue weighted by molar-refractivity contribution is -0.115. The molecule has 0 saturated heterocycles. The molecule has 0 aliphatic carbocycles. The summed E-state index contributed by atoms with van der Waals surface area (Å²) in [6, 6.07) is 14.1. The van der Waals surface area contributed by atoms with Crippen LogP contribution >= 0.6 is 0 Å². The molecule has 0 bridgehead atoms. The van der Waals surface area contributed by atoms with Crippen LogP contribution in [-0.2, 0) is 16.0 Å². The minimum absolute atomic E-state index is 0.122. The second kappa shape index (κ2) is 8.72. The minimum Gasteiger partial charge on any atom is -0.494 e. The number of ether oxygens (including phenoxy) is 2. The molecule has 0 fully saturated rings. The number of hydrogen-bond acceptors (Lipinski definition) is 4. The van der Waals surface area contributed by atoms with Crippen LogP contribution in [0.5, 0.6) is 5.75 Å². The number of carbonyl (C=O) groups excluding carboxylic acids is 2. The molecule has 2 aromatic carbocycles. The SMILES string of the molecule is CCOC(=O)c1ccc(NC(=O)Cc2ccc(OCC)cc2)cc1. The summed E-state index contributed by atoms with van der Waals surface area (Å²) >= 11 is 0. The van der Waals surface area contributed by atoms with Gasteiger partial charge in [-0.25, -0.2) is 4.79 Å². The summed E-state index contributed by atoms with van der Waals surface area (Å²) in [5.74, 6) is 0.295. The van der Waals surface area contributed by atoms with Crippen molar-refractivity contribution in [1.82, 2.24) is 0 Å². The molecule has 1 N–H and O–H groups in total. The summed E-state index contributed by atoms with van der Waals surface area (Å²) in [6.45, 7) is 4.63. The van der Waals surface area contributed by atoms with E-state index >= 15 is 0 Å². The van der Waals surface area contributed by atoms with Gasteiger partial charge in [-0.1, -0.05) is 12.1 Å². The van der Waals surface area contributed by atoms with Crippen molar-refractivity contribution in [1.29, 1.82) is 0 Å². The number of rotatable bonds is 7. The molecule has 2 aromatic rings. The van der Waals surface area contributed by atoms with Gasteiger partial charge in [0.05, 0.1) is 25.2 Å². The summed E-state index contributed by atoms with van der Waals surface area (Å²) in [6.07, 6.45) is 0.270. The number of esters is 1. The van der Waals surface area contributed by atoms with Crippen molar-refractivity contribution in [3.05, 3.63) is 59.7 Å². The molecule has 0 aliphatic heterocycles. The van der Waals surface area contributed by atoms with Gasteiger partial charge < -0.3 is 14.8 Å². The van der Waals surface area contributed by atoms with E-state index in [9.17, 15) is 9.59 Å². The highest BCUT2D eigenvalue weighted by Gasteiger charge is 2.08. The van der Waals surface area contributed by atoms with Crippen LogP contribution in [0, 0.1) is 0 Å². The molecule has 0 aliphatic rings. The van der Waals surface area contributed by atoms with Gasteiger partial charge in [-0.3, -0.25) is 4.79 Å². The topological polar surface area (TPSA) is 64.6 Å². The Balaban J connectivity index is 1.91. The van der Waals surface area contributed by atoms with E-state index in [1.807, 2.05) is 31.2 Å². The van der Waals surface area contributed by atoms with Crippen LogP contribution in [0.15, 0.2) is 48.5 Å². The molecule has 0 atom stereocenters. The minimum atomic E-state index is -0.371. The van der Waals surface area contributed by atoms with E-state index in [2.05, 4.69) is 5.32 Å². The molecule has 5 nitrogen and oxygen atoms in total. The average molecular weight is 327 g/mol. The largest absolute Gasteiger partial charge is 0.494 e. The van der Waals surface area contributed by atoms with Crippen LogP contribution < -0.4 is 10.1 Å². The summed E-state index contributed by atoms with van der Waals surface area (Å²) in [4.78, 5) is 23.7. The van der Waals surface area contributed by atoms with E-state index in [1.54, 1.807) is 31.2 Å². The lowest BCUT2D eigenvalue weighted by Gasteiger charge is -2.07. The standard InChI is InChI=1S/C19H21NO4/c1-3-23-17-11-5-14(6-12-17)13-18(21)20-16-9-7-15(8-10-16)19(22)24-4-2/h5-12H,3-4,13H2,1-2H3,(H,20,21). The fourth-order valence-electron chi connectivity index (χ4n) is 2.16. The molecule has 0 radical (unpaired) electrons. The highest BCUT2D eigenvalue weighted by atomic mass is 16.5. The van der Waals surface area contributed by atoms with Crippen LogP contribution in [-0.4, -0.2) is 25.1 Å². The molecule has 0 heterocycles. The molecule has 0 aromatic heterocycles. The predicted octanol–water partition coefficient (Wildman–Crippen LogP) is 3.44. The molecule has 5 heteroatoms. The smallest absolute Gasteiger partial charge is 0.338 e. The van der Waals surface area contributed by atoms with Crippen molar-refractivity contribution >= 4 is 17.6 Å². The monoisotopic (exact) mass is 327 g/mol. The van der Waals surface area contributed by atoms with Crippen molar-refractivity contribution in [2.75, 3.05) is 18.5 Å². The fraction of sp³-hybridized carbons (Fsp3) is 0.263. The number of hydrogen-bond donors (Lipinski definition) is 1. The Morgan fingerprint density at radius 2 is 1.58 bits per heavy atom. The van der Waals surface area contributed by atoms with Crippen LogP contribution in [0.3, 0.4) is 0 Å². The maximum absolute atomic E-state index is 12.1. The van der Waals surface area contributed by atoms with Gasteiger partial charge in [0.1, 0.15) is 5.75 Å². The zero-order valence-corrected chi connectivity index (χ0v) is 13.9. The van der Waals surface area contributed by atoms with Crippen LogP contribution in [0.4, 0.5) is 5.69 Å². The molecule has 0 spiro atoms. The highest BCUT2D eigenvalue weighted by molar-refractivity contribution is 5.94. The van der Waals surface area contributed by atoms with Crippen LogP contribution in [0.25, 0.3) is 0 Å². The Morgan fingerprint density at radius 3 is 2.17 bits per heavy atom. The van der Waals surface area contributed by atoms with Gasteiger partial charge in [0, 0.05) is 5.69 Å². The Morgan fingerprint density at radius 1 is 0.917 bits per heavy atom. The van der Waals surface area contributed by atoms with Crippen molar-refractivity contribution in [2.24, 2.45) is 0 Å². The Kier molecular flexibility index (Phi) is 6.37. The van der Waals surface area contributed by atoms with Gasteiger partial charge in [-0.15, -0.1) is 0 Å². The first-order valence-electron chi connectivity index (χ1n) is 7.91. The van der Waals surface area contributed by atoms with E-state index in [0.29, 0.717) is 24.5 Å². The Bertz CT molecular complexity index is 678. The highest BCUT2D eigenvalue weighted by Crippen LogP contribution is 2.14. The summed E-state index contributed by atoms with van der Waals surface area (Å²) in [5, 5.41) is 2.81. The van der Waals surface area contributed by atoms with Gasteiger partial charge in [0.25, 0.3) is 0 Å². The first kappa shape index (κ1) is 17.5. The number of anilines is 1. The summed E-state index contributed by atoms with van der Waals surface area (Å²) < 4.78 is 10.3. The van der Waals surface area contributed by atoms with Gasteiger partial charge in [0.2, 0.25) is 5.91 Å². The predicted molar refractivity (Wildman–Crippen MR) is 92.3 cm³/mol. The molecule has 126 valence electrons. The fourth-order valence-corrected chi connectivity index (χ4v) is 2.16. The van der Waals surface area contributed by atoms with E-state index in [-0.39, 0.29) is 18.3 Å². The average Bonchev–Trinajstić information content (AvgIpc) is 2.58. The molecular formula is C19H21NO4. The number of amides is 1. The zero-order chi connectivity index (χ0) is 17.4. The maximum atomic E-state index is 12.1. The Labute approximate surface area is 141 Å². The van der Waals surface area contributed by atoms with Crippen molar-refractivity contribution in [3.8, 4) is 5.75 Å². The third-order valence-corrected chi connectivity index (χ3v) is 3.28. The third-order valence-electron chi connectivity index (χ3n) is 3.28. The zero-order valence-electron chi connectivity index (χ0n) is 13.9. The van der Waals surface area contributed by atoms with E-state index in [4.69, 9.17) is 9.47 Å². The summed E-state index contributed by atoms with van der Waals surface area (Å²) in [7, 11) is 0.